The summed E-state index contributed by atoms with van der Waals surface area (Å²) in [5, 5.41) is 4.76. The van der Waals surface area contributed by atoms with E-state index in [0.29, 0.717) is 11.6 Å². The highest BCUT2D eigenvalue weighted by atomic mass is 35.5. The zero-order valence-corrected chi connectivity index (χ0v) is 19.6. The van der Waals surface area contributed by atoms with E-state index in [1.807, 2.05) is 0 Å². The Labute approximate surface area is 211 Å². The molecule has 2 amide bonds. The van der Waals surface area contributed by atoms with Crippen LogP contribution in [0.5, 0.6) is 0 Å². The third kappa shape index (κ3) is 5.22. The fourth-order valence-electron chi connectivity index (χ4n) is 3.59. The molecule has 1 aliphatic rings. The molecule has 0 aliphatic heterocycles. The monoisotopic (exact) mass is 545 g/mol. The Hall–Kier alpha value is -2.88. The van der Waals surface area contributed by atoms with Crippen molar-refractivity contribution in [3.05, 3.63) is 88.1 Å². The number of carbonyl (C=O) groups is 2. The summed E-state index contributed by atoms with van der Waals surface area (Å²) in [5.74, 6) is -5.46. The number of benzene rings is 2. The lowest BCUT2D eigenvalue weighted by molar-refractivity contribution is -0.117. The molecule has 1 aliphatic carbocycles. The minimum absolute atomic E-state index is 0.00419. The summed E-state index contributed by atoms with van der Waals surface area (Å²) in [4.78, 5) is 28.9. The van der Waals surface area contributed by atoms with Crippen LogP contribution >= 0.6 is 34.8 Å². The summed E-state index contributed by atoms with van der Waals surface area (Å²) in [6.45, 7) is 0. The van der Waals surface area contributed by atoms with Gasteiger partial charge < -0.3 is 10.6 Å². The Morgan fingerprint density at radius 3 is 2.31 bits per heavy atom. The lowest BCUT2D eigenvalue weighted by Crippen LogP contribution is -2.18. The van der Waals surface area contributed by atoms with E-state index >= 15 is 0 Å². The normalized spacial score (nSPS) is 18.3. The maximum atomic E-state index is 13.8. The van der Waals surface area contributed by atoms with Crippen molar-refractivity contribution in [2.75, 3.05) is 10.6 Å². The van der Waals surface area contributed by atoms with Crippen LogP contribution in [0.2, 0.25) is 5.02 Å². The minimum atomic E-state index is -2.63. The highest BCUT2D eigenvalue weighted by Gasteiger charge is 2.67. The molecule has 1 saturated carbocycles. The number of carbonyl (C=O) groups excluding carboxylic acids is 2. The zero-order chi connectivity index (χ0) is 25.5. The lowest BCUT2D eigenvalue weighted by atomic mass is 10.1. The van der Waals surface area contributed by atoms with Gasteiger partial charge in [0.15, 0.2) is 11.6 Å². The van der Waals surface area contributed by atoms with E-state index in [4.69, 9.17) is 34.8 Å². The number of anilines is 2. The van der Waals surface area contributed by atoms with Gasteiger partial charge in [0.25, 0.3) is 12.3 Å². The molecule has 12 heteroatoms. The van der Waals surface area contributed by atoms with E-state index in [1.165, 1.54) is 42.5 Å². The van der Waals surface area contributed by atoms with E-state index in [0.717, 1.165) is 6.20 Å². The number of hydrogen-bond acceptors (Lipinski definition) is 3. The van der Waals surface area contributed by atoms with Crippen molar-refractivity contribution in [2.45, 2.75) is 16.7 Å². The topological polar surface area (TPSA) is 71.1 Å². The van der Waals surface area contributed by atoms with Crippen molar-refractivity contribution >= 4 is 58.1 Å². The Morgan fingerprint density at radius 1 is 1.00 bits per heavy atom. The van der Waals surface area contributed by atoms with Gasteiger partial charge in [-0.15, -0.1) is 23.2 Å². The number of nitrogens with one attached hydrogen (secondary N) is 2. The fraction of sp³-hybridized carbons (Fsp3) is 0.174. The second kappa shape index (κ2) is 9.64. The first-order valence-electron chi connectivity index (χ1n) is 9.97. The minimum Gasteiger partial charge on any atom is -0.326 e. The molecule has 2 atom stereocenters. The number of aromatic nitrogens is 1. The van der Waals surface area contributed by atoms with Gasteiger partial charge in [0.2, 0.25) is 5.91 Å². The van der Waals surface area contributed by atoms with Crippen LogP contribution in [-0.2, 0) is 4.79 Å². The summed E-state index contributed by atoms with van der Waals surface area (Å²) in [7, 11) is 0. The average Bonchev–Trinajstić information content (AvgIpc) is 3.38. The lowest BCUT2D eigenvalue weighted by Gasteiger charge is -2.10. The molecule has 4 rings (SSSR count). The highest BCUT2D eigenvalue weighted by Crippen LogP contribution is 2.65. The van der Waals surface area contributed by atoms with Crippen molar-refractivity contribution in [1.29, 1.82) is 0 Å². The maximum absolute atomic E-state index is 13.8. The number of amides is 2. The molecule has 0 unspecified atom stereocenters. The summed E-state index contributed by atoms with van der Waals surface area (Å²) in [6, 6.07) is 9.91. The predicted molar refractivity (Wildman–Crippen MR) is 124 cm³/mol. The Kier molecular flexibility index (Phi) is 6.95. The second-order valence-electron chi connectivity index (χ2n) is 7.72. The van der Waals surface area contributed by atoms with Crippen LogP contribution in [0.15, 0.2) is 54.7 Å². The number of pyridine rings is 1. The Morgan fingerprint density at radius 2 is 1.69 bits per heavy atom. The number of rotatable bonds is 6. The van der Waals surface area contributed by atoms with Gasteiger partial charge in [-0.1, -0.05) is 35.9 Å². The molecule has 5 nitrogen and oxygen atoms in total. The van der Waals surface area contributed by atoms with Gasteiger partial charge in [0.05, 0.1) is 22.7 Å². The number of halogens is 7. The Balaban J connectivity index is 1.49. The van der Waals surface area contributed by atoms with Crippen molar-refractivity contribution in [3.63, 3.8) is 0 Å². The molecular weight excluding hydrogens is 533 g/mol. The van der Waals surface area contributed by atoms with Gasteiger partial charge in [0.1, 0.15) is 10.2 Å². The molecular formula is C23H14Cl3F4N3O2. The zero-order valence-electron chi connectivity index (χ0n) is 17.3. The molecule has 35 heavy (non-hydrogen) atoms. The molecule has 1 aromatic heterocycles. The predicted octanol–water partition coefficient (Wildman–Crippen LogP) is 6.73. The molecule has 1 heterocycles. The third-order valence-corrected chi connectivity index (χ3v) is 6.67. The maximum Gasteiger partial charge on any atom is 0.263 e. The van der Waals surface area contributed by atoms with Crippen LogP contribution in [0, 0.1) is 17.6 Å². The second-order valence-corrected chi connectivity index (χ2v) is 9.57. The van der Waals surface area contributed by atoms with E-state index in [2.05, 4.69) is 15.6 Å². The Bertz CT molecular complexity index is 1310. The molecule has 0 spiro atoms. The number of nitrogens with zero attached hydrogens (tertiary/aromatic N) is 1. The molecule has 0 radical (unpaired) electrons. The number of hydrogen-bond donors (Lipinski definition) is 2. The first kappa shape index (κ1) is 25.2. The third-order valence-electron chi connectivity index (χ3n) is 5.40. The van der Waals surface area contributed by atoms with E-state index < -0.39 is 51.9 Å². The largest absolute Gasteiger partial charge is 0.326 e. The van der Waals surface area contributed by atoms with E-state index in [9.17, 15) is 27.2 Å². The molecule has 2 aromatic carbocycles. The van der Waals surface area contributed by atoms with E-state index in [-0.39, 0.29) is 21.8 Å². The standard InChI is InChI=1S/C23H14Cl3F4N3O2/c24-15-6-5-13(8-14(15)21(34)33-20-16(28)7-12(27)9-31-20)32-22(35)18-17(23(18,25)26)10-1-3-11(4-2-10)19(29)30/h1-9,17-19H,(H,32,35)(H,31,33,34)/t17-,18+/m1/s1. The highest BCUT2D eigenvalue weighted by molar-refractivity contribution is 6.53. The van der Waals surface area contributed by atoms with Gasteiger partial charge >= 0.3 is 0 Å². The molecule has 182 valence electrons. The van der Waals surface area contributed by atoms with Gasteiger partial charge in [0, 0.05) is 23.2 Å². The van der Waals surface area contributed by atoms with Crippen LogP contribution in [-0.4, -0.2) is 21.1 Å². The summed E-state index contributed by atoms with van der Waals surface area (Å²) in [6.07, 6.45) is -1.90. The summed E-state index contributed by atoms with van der Waals surface area (Å²) < 4.78 is 51.0. The van der Waals surface area contributed by atoms with Crippen molar-refractivity contribution in [1.82, 2.24) is 4.98 Å². The van der Waals surface area contributed by atoms with Crippen LogP contribution in [0.1, 0.15) is 33.8 Å². The fourth-order valence-corrected chi connectivity index (χ4v) is 4.63. The van der Waals surface area contributed by atoms with Crippen LogP contribution in [0.25, 0.3) is 0 Å². The van der Waals surface area contributed by atoms with Crippen LogP contribution in [0.4, 0.5) is 29.1 Å². The molecule has 0 bridgehead atoms. The van der Waals surface area contributed by atoms with Crippen molar-refractivity contribution in [3.8, 4) is 0 Å². The van der Waals surface area contributed by atoms with Crippen LogP contribution in [0.3, 0.4) is 0 Å². The first-order valence-corrected chi connectivity index (χ1v) is 11.1. The summed E-state index contributed by atoms with van der Waals surface area (Å²) in [5.41, 5.74) is 0.394. The van der Waals surface area contributed by atoms with Gasteiger partial charge in [-0.25, -0.2) is 22.5 Å². The quantitative estimate of drug-likeness (QED) is 0.266. The van der Waals surface area contributed by atoms with Gasteiger partial charge in [-0.05, 0) is 23.8 Å². The summed E-state index contributed by atoms with van der Waals surface area (Å²) >= 11 is 18.7. The van der Waals surface area contributed by atoms with E-state index in [1.54, 1.807) is 0 Å². The first-order chi connectivity index (χ1) is 16.5. The van der Waals surface area contributed by atoms with Crippen molar-refractivity contribution in [2.24, 2.45) is 5.92 Å². The molecule has 3 aromatic rings. The van der Waals surface area contributed by atoms with Gasteiger partial charge in [-0.3, -0.25) is 9.59 Å². The SMILES string of the molecule is O=C(Nc1ncc(F)cc1F)c1cc(NC(=O)[C@@H]2[C@@H](c3ccc(C(F)F)cc3)C2(Cl)Cl)ccc1Cl. The van der Waals surface area contributed by atoms with Gasteiger partial charge in [-0.2, -0.15) is 0 Å². The molecule has 1 fully saturated rings. The van der Waals surface area contributed by atoms with Crippen LogP contribution < -0.4 is 10.6 Å². The molecule has 2 N–H and O–H groups in total. The smallest absolute Gasteiger partial charge is 0.263 e. The molecule has 0 saturated heterocycles. The number of alkyl halides is 4. The van der Waals surface area contributed by atoms with Crippen molar-refractivity contribution < 1.29 is 27.2 Å². The average molecular weight is 547 g/mol.